The maximum absolute atomic E-state index is 12.2. The van der Waals surface area contributed by atoms with Gasteiger partial charge in [-0.25, -0.2) is 8.78 Å². The van der Waals surface area contributed by atoms with Gasteiger partial charge in [0.15, 0.2) is 0 Å². The number of carbonyl (C=O) groups excluding carboxylic acids is 1. The predicted octanol–water partition coefficient (Wildman–Crippen LogP) is 1.74. The lowest BCUT2D eigenvalue weighted by atomic mass is 10.1. The fourth-order valence-corrected chi connectivity index (χ4v) is 1.79. The molecule has 0 spiro atoms. The minimum atomic E-state index is -2.88. The van der Waals surface area contributed by atoms with Crippen LogP contribution in [0.2, 0.25) is 0 Å². The second kappa shape index (κ2) is 4.25. The summed E-state index contributed by atoms with van der Waals surface area (Å²) < 4.78 is 24.5. The van der Waals surface area contributed by atoms with E-state index in [2.05, 4.69) is 6.58 Å². The topological polar surface area (TPSA) is 40.5 Å². The molecule has 1 N–H and O–H groups in total. The first-order valence-electron chi connectivity index (χ1n) is 5.08. The molecule has 1 atom stereocenters. The van der Waals surface area contributed by atoms with Crippen LogP contribution < -0.4 is 0 Å². The smallest absolute Gasteiger partial charge is 0.265 e. The van der Waals surface area contributed by atoms with Crippen LogP contribution in [0.15, 0.2) is 30.8 Å². The second-order valence-electron chi connectivity index (χ2n) is 3.81. The summed E-state index contributed by atoms with van der Waals surface area (Å²) in [7, 11) is 0. The van der Waals surface area contributed by atoms with Gasteiger partial charge < -0.3 is 10.0 Å². The Morgan fingerprint density at radius 2 is 1.88 bits per heavy atom. The summed E-state index contributed by atoms with van der Waals surface area (Å²) >= 11 is 0. The van der Waals surface area contributed by atoms with Gasteiger partial charge in [-0.1, -0.05) is 24.8 Å². The molecule has 2 rings (SSSR count). The Hall–Kier alpha value is -1.75. The summed E-state index contributed by atoms with van der Waals surface area (Å²) in [6.45, 7) is 3.25. The molecule has 3 nitrogen and oxygen atoms in total. The highest BCUT2D eigenvalue weighted by Gasteiger charge is 2.33. The van der Waals surface area contributed by atoms with Crippen LogP contribution in [0.3, 0.4) is 0 Å². The van der Waals surface area contributed by atoms with Crippen LogP contribution in [0.1, 0.15) is 15.9 Å². The molecule has 1 amide bonds. The van der Waals surface area contributed by atoms with Crippen molar-refractivity contribution < 1.29 is 18.7 Å². The number of carbonyl (C=O) groups is 1. The van der Waals surface area contributed by atoms with Crippen LogP contribution in [-0.4, -0.2) is 35.0 Å². The quantitative estimate of drug-likeness (QED) is 0.872. The standard InChI is InChI=1S/C12H11F2NO2/c1-7-8-4-2-3-5-9(8)12(17)15(7)6-10(16)11(13)14/h2-5,10-11,16H,1,6H2. The zero-order valence-electron chi connectivity index (χ0n) is 8.94. The van der Waals surface area contributed by atoms with Gasteiger partial charge in [-0.3, -0.25) is 4.79 Å². The van der Waals surface area contributed by atoms with Gasteiger partial charge in [-0.05, 0) is 6.07 Å². The number of hydrogen-bond donors (Lipinski definition) is 1. The molecule has 0 aliphatic carbocycles. The van der Waals surface area contributed by atoms with E-state index < -0.39 is 25.0 Å². The largest absolute Gasteiger partial charge is 0.385 e. The first-order valence-corrected chi connectivity index (χ1v) is 5.08. The van der Waals surface area contributed by atoms with E-state index in [1.165, 1.54) is 0 Å². The minimum Gasteiger partial charge on any atom is -0.385 e. The summed E-state index contributed by atoms with van der Waals surface area (Å²) in [6.07, 6.45) is -4.73. The molecule has 1 aliphatic heterocycles. The first-order chi connectivity index (χ1) is 8.02. The fourth-order valence-electron chi connectivity index (χ4n) is 1.79. The third-order valence-corrected chi connectivity index (χ3v) is 2.70. The highest BCUT2D eigenvalue weighted by atomic mass is 19.3. The normalized spacial score (nSPS) is 16.6. The monoisotopic (exact) mass is 239 g/mol. The zero-order valence-corrected chi connectivity index (χ0v) is 8.94. The highest BCUT2D eigenvalue weighted by Crippen LogP contribution is 2.31. The van der Waals surface area contributed by atoms with Crippen molar-refractivity contribution in [3.05, 3.63) is 42.0 Å². The van der Waals surface area contributed by atoms with Gasteiger partial charge in [-0.2, -0.15) is 0 Å². The number of benzene rings is 1. The van der Waals surface area contributed by atoms with E-state index in [0.717, 1.165) is 4.90 Å². The van der Waals surface area contributed by atoms with Crippen molar-refractivity contribution in [1.29, 1.82) is 0 Å². The van der Waals surface area contributed by atoms with Crippen molar-refractivity contribution in [2.45, 2.75) is 12.5 Å². The summed E-state index contributed by atoms with van der Waals surface area (Å²) in [6, 6.07) is 6.74. The van der Waals surface area contributed by atoms with Gasteiger partial charge >= 0.3 is 0 Å². The lowest BCUT2D eigenvalue weighted by molar-refractivity contribution is -0.0133. The summed E-state index contributed by atoms with van der Waals surface area (Å²) in [5.74, 6) is -0.398. The lowest BCUT2D eigenvalue weighted by Gasteiger charge is -2.20. The number of rotatable bonds is 3. The number of halogens is 2. The van der Waals surface area contributed by atoms with Gasteiger partial charge in [0.05, 0.1) is 6.54 Å². The second-order valence-corrected chi connectivity index (χ2v) is 3.81. The Kier molecular flexibility index (Phi) is 2.93. The maximum Gasteiger partial charge on any atom is 0.265 e. The lowest BCUT2D eigenvalue weighted by Crippen LogP contribution is -2.35. The van der Waals surface area contributed by atoms with Crippen molar-refractivity contribution >= 4 is 11.6 Å². The molecular formula is C12H11F2NO2. The highest BCUT2D eigenvalue weighted by molar-refractivity contribution is 6.08. The molecular weight excluding hydrogens is 228 g/mol. The fraction of sp³-hybridized carbons (Fsp3) is 0.250. The molecule has 5 heteroatoms. The summed E-state index contributed by atoms with van der Waals surface area (Å²) in [5, 5.41) is 9.12. The molecule has 0 bridgehead atoms. The molecule has 0 aromatic heterocycles. The molecule has 1 aromatic carbocycles. The molecule has 1 heterocycles. The Labute approximate surface area is 97.0 Å². The van der Waals surface area contributed by atoms with Crippen molar-refractivity contribution in [2.24, 2.45) is 0 Å². The van der Waals surface area contributed by atoms with Crippen LogP contribution in [0, 0.1) is 0 Å². The van der Waals surface area contributed by atoms with Crippen LogP contribution in [0.5, 0.6) is 0 Å². The number of nitrogens with zero attached hydrogens (tertiary/aromatic N) is 1. The minimum absolute atomic E-state index is 0.352. The van der Waals surface area contributed by atoms with E-state index >= 15 is 0 Å². The van der Waals surface area contributed by atoms with E-state index in [1.54, 1.807) is 24.3 Å². The van der Waals surface area contributed by atoms with Gasteiger partial charge in [0.2, 0.25) is 0 Å². The maximum atomic E-state index is 12.2. The van der Waals surface area contributed by atoms with Crippen LogP contribution >= 0.6 is 0 Å². The number of β-amino-alcohol motifs (C(OH)–C–C–N with tert-alkyl or cyclic N) is 1. The third kappa shape index (κ3) is 1.93. The molecule has 0 radical (unpaired) electrons. The van der Waals surface area contributed by atoms with E-state index in [0.29, 0.717) is 16.8 Å². The molecule has 0 fully saturated rings. The van der Waals surface area contributed by atoms with Crippen molar-refractivity contribution in [1.82, 2.24) is 4.90 Å². The number of alkyl halides is 2. The predicted molar refractivity (Wildman–Crippen MR) is 58.5 cm³/mol. The van der Waals surface area contributed by atoms with E-state index in [4.69, 9.17) is 5.11 Å². The van der Waals surface area contributed by atoms with Gasteiger partial charge in [0, 0.05) is 16.8 Å². The third-order valence-electron chi connectivity index (χ3n) is 2.70. The molecule has 90 valence electrons. The zero-order chi connectivity index (χ0) is 12.6. The number of hydrogen-bond acceptors (Lipinski definition) is 2. The number of aliphatic hydroxyl groups is 1. The van der Waals surface area contributed by atoms with Gasteiger partial charge in [0.25, 0.3) is 12.3 Å². The molecule has 17 heavy (non-hydrogen) atoms. The Bertz CT molecular complexity index is 438. The Morgan fingerprint density at radius 1 is 1.29 bits per heavy atom. The average molecular weight is 239 g/mol. The van der Waals surface area contributed by atoms with Gasteiger partial charge in [0.1, 0.15) is 6.10 Å². The molecule has 0 saturated heterocycles. The van der Waals surface area contributed by atoms with Crippen molar-refractivity contribution in [3.8, 4) is 0 Å². The summed E-state index contributed by atoms with van der Waals surface area (Å²) in [5.41, 5.74) is 1.41. The molecule has 0 saturated carbocycles. The van der Waals surface area contributed by atoms with E-state index in [-0.39, 0.29) is 0 Å². The Morgan fingerprint density at radius 3 is 2.41 bits per heavy atom. The first kappa shape index (κ1) is 11.7. The summed E-state index contributed by atoms with van der Waals surface area (Å²) in [4.78, 5) is 13.0. The van der Waals surface area contributed by atoms with E-state index in [1.807, 2.05) is 0 Å². The van der Waals surface area contributed by atoms with E-state index in [9.17, 15) is 13.6 Å². The van der Waals surface area contributed by atoms with Gasteiger partial charge in [-0.15, -0.1) is 0 Å². The van der Waals surface area contributed by atoms with Crippen LogP contribution in [0.25, 0.3) is 5.70 Å². The van der Waals surface area contributed by atoms with Crippen LogP contribution in [0.4, 0.5) is 8.78 Å². The number of fused-ring (bicyclic) bond motifs is 1. The van der Waals surface area contributed by atoms with Crippen molar-refractivity contribution in [3.63, 3.8) is 0 Å². The molecule has 1 unspecified atom stereocenters. The number of aliphatic hydroxyl groups excluding tert-OH is 1. The Balaban J connectivity index is 2.25. The molecule has 1 aromatic rings. The number of amides is 1. The van der Waals surface area contributed by atoms with Crippen molar-refractivity contribution in [2.75, 3.05) is 6.54 Å². The van der Waals surface area contributed by atoms with Crippen LogP contribution in [-0.2, 0) is 0 Å². The molecule has 1 aliphatic rings. The SMILES string of the molecule is C=C1c2ccccc2C(=O)N1CC(O)C(F)F. The average Bonchev–Trinajstić information content (AvgIpc) is 2.55.